The number of hydrogen-bond donors (Lipinski definition) is 1. The number of Topliss-reactive ketones (excluding diaryl/α,β-unsaturated/α-hetero) is 1. The number of likely N-dealkylation sites (N-methyl/N-ethyl adjacent to an activating group) is 1. The van der Waals surface area contributed by atoms with Crippen LogP contribution in [0.1, 0.15) is 51.0 Å². The van der Waals surface area contributed by atoms with Crippen LogP contribution < -0.4 is 4.74 Å². The second-order valence-electron chi connectivity index (χ2n) is 8.16. The van der Waals surface area contributed by atoms with Gasteiger partial charge in [0, 0.05) is 13.5 Å². The normalized spacial score (nSPS) is 19.7. The van der Waals surface area contributed by atoms with Crippen LogP contribution in [0, 0.1) is 0 Å². The van der Waals surface area contributed by atoms with Crippen molar-refractivity contribution in [3.8, 4) is 5.75 Å². The number of ketones is 1. The summed E-state index contributed by atoms with van der Waals surface area (Å²) in [5.74, 6) is 0.550. The van der Waals surface area contributed by atoms with Gasteiger partial charge in [0.2, 0.25) is 0 Å². The van der Waals surface area contributed by atoms with E-state index in [0.717, 1.165) is 24.8 Å². The van der Waals surface area contributed by atoms with Gasteiger partial charge < -0.3 is 19.5 Å². The van der Waals surface area contributed by atoms with Crippen LogP contribution in [0.4, 0.5) is 4.79 Å². The standard InChI is InChI=1S/C22H30N2O5/c1-16(25)6-7-17-8-10-19(11-9-17)29-15-18(26)14-24-20(27)22(23(2)21(24)28)12-4-3-5-13-22/h8-11,18,26H,3-7,12-15H2,1-2H3/t18-/m0/s1. The Balaban J connectivity index is 1.53. The third-order valence-corrected chi connectivity index (χ3v) is 6.01. The van der Waals surface area contributed by atoms with Gasteiger partial charge in [-0.3, -0.25) is 9.69 Å². The number of aliphatic hydroxyl groups excluding tert-OH is 1. The Morgan fingerprint density at radius 3 is 2.45 bits per heavy atom. The minimum Gasteiger partial charge on any atom is -0.491 e. The highest BCUT2D eigenvalue weighted by Crippen LogP contribution is 2.39. The molecule has 0 aromatic heterocycles. The van der Waals surface area contributed by atoms with Gasteiger partial charge in [0.25, 0.3) is 5.91 Å². The van der Waals surface area contributed by atoms with Gasteiger partial charge in [0.05, 0.1) is 6.54 Å². The SMILES string of the molecule is CC(=O)CCc1ccc(OC[C@@H](O)CN2C(=O)N(C)C3(CCCCC3)C2=O)cc1. The number of aliphatic hydroxyl groups is 1. The molecule has 1 saturated carbocycles. The maximum atomic E-state index is 12.9. The van der Waals surface area contributed by atoms with E-state index in [1.807, 2.05) is 12.1 Å². The van der Waals surface area contributed by atoms with E-state index in [9.17, 15) is 19.5 Å². The first-order chi connectivity index (χ1) is 13.8. The Bertz CT molecular complexity index is 755. The van der Waals surface area contributed by atoms with E-state index in [4.69, 9.17) is 4.74 Å². The predicted octanol–water partition coefficient (Wildman–Crippen LogP) is 2.54. The van der Waals surface area contributed by atoms with Crippen LogP contribution in [0.25, 0.3) is 0 Å². The van der Waals surface area contributed by atoms with Crippen LogP contribution in [0.3, 0.4) is 0 Å². The summed E-state index contributed by atoms with van der Waals surface area (Å²) in [5.41, 5.74) is 0.313. The van der Waals surface area contributed by atoms with Gasteiger partial charge in [-0.1, -0.05) is 31.4 Å². The van der Waals surface area contributed by atoms with Crippen LogP contribution in [0.5, 0.6) is 5.75 Å². The van der Waals surface area contributed by atoms with E-state index in [1.54, 1.807) is 31.0 Å². The number of carbonyl (C=O) groups excluding carboxylic acids is 3. The molecule has 29 heavy (non-hydrogen) atoms. The third-order valence-electron chi connectivity index (χ3n) is 6.01. The number of urea groups is 1. The van der Waals surface area contributed by atoms with E-state index in [-0.39, 0.29) is 30.9 Å². The van der Waals surface area contributed by atoms with Gasteiger partial charge in [-0.15, -0.1) is 0 Å². The third kappa shape index (κ3) is 4.61. The molecule has 158 valence electrons. The highest BCUT2D eigenvalue weighted by atomic mass is 16.5. The maximum absolute atomic E-state index is 12.9. The van der Waals surface area contributed by atoms with E-state index in [2.05, 4.69) is 0 Å². The molecular formula is C22H30N2O5. The van der Waals surface area contributed by atoms with Crippen molar-refractivity contribution in [2.75, 3.05) is 20.2 Å². The molecule has 1 atom stereocenters. The Morgan fingerprint density at radius 1 is 1.17 bits per heavy atom. The molecule has 1 aromatic carbocycles. The van der Waals surface area contributed by atoms with E-state index < -0.39 is 11.6 Å². The average Bonchev–Trinajstić information content (AvgIpc) is 2.88. The van der Waals surface area contributed by atoms with E-state index in [0.29, 0.717) is 31.4 Å². The molecule has 2 aliphatic rings. The lowest BCUT2D eigenvalue weighted by atomic mass is 9.81. The molecule has 1 aliphatic heterocycles. The fraction of sp³-hybridized carbons (Fsp3) is 0.591. The highest BCUT2D eigenvalue weighted by Gasteiger charge is 2.55. The number of β-amino-alcohol motifs (C(OH)–C–C–N with tert-alkyl or cyclic N) is 1. The highest BCUT2D eigenvalue weighted by molar-refractivity contribution is 6.07. The van der Waals surface area contributed by atoms with Crippen molar-refractivity contribution in [1.82, 2.24) is 9.80 Å². The smallest absolute Gasteiger partial charge is 0.327 e. The Kier molecular flexibility index (Phi) is 6.57. The summed E-state index contributed by atoms with van der Waals surface area (Å²) in [6.07, 6.45) is 4.56. The zero-order chi connectivity index (χ0) is 21.0. The molecule has 1 aromatic rings. The van der Waals surface area contributed by atoms with Crippen molar-refractivity contribution < 1.29 is 24.2 Å². The number of imide groups is 1. The van der Waals surface area contributed by atoms with Crippen molar-refractivity contribution in [2.45, 2.75) is 63.5 Å². The summed E-state index contributed by atoms with van der Waals surface area (Å²) < 4.78 is 5.61. The molecule has 1 N–H and O–H groups in total. The number of rotatable bonds is 8. The molecule has 3 amide bonds. The quantitative estimate of drug-likeness (QED) is 0.675. The van der Waals surface area contributed by atoms with Crippen LogP contribution >= 0.6 is 0 Å². The van der Waals surface area contributed by atoms with Gasteiger partial charge >= 0.3 is 6.03 Å². The Morgan fingerprint density at radius 2 is 1.83 bits per heavy atom. The number of carbonyl (C=O) groups is 3. The minimum absolute atomic E-state index is 0.0133. The molecule has 1 aliphatic carbocycles. The van der Waals surface area contributed by atoms with Crippen molar-refractivity contribution in [3.63, 3.8) is 0 Å². The fourth-order valence-corrected chi connectivity index (χ4v) is 4.22. The molecule has 0 unspecified atom stereocenters. The lowest BCUT2D eigenvalue weighted by Crippen LogP contribution is -2.49. The fourth-order valence-electron chi connectivity index (χ4n) is 4.22. The summed E-state index contributed by atoms with van der Waals surface area (Å²) in [6.45, 7) is 1.49. The van der Waals surface area contributed by atoms with E-state index in [1.165, 1.54) is 4.90 Å². The summed E-state index contributed by atoms with van der Waals surface area (Å²) in [4.78, 5) is 39.3. The van der Waals surface area contributed by atoms with Gasteiger partial charge in [-0.05, 0) is 43.9 Å². The van der Waals surface area contributed by atoms with Gasteiger partial charge in [-0.25, -0.2) is 4.79 Å². The summed E-state index contributed by atoms with van der Waals surface area (Å²) in [6, 6.07) is 7.02. The Hall–Kier alpha value is -2.41. The van der Waals surface area contributed by atoms with Gasteiger partial charge in [0.1, 0.15) is 29.8 Å². The molecule has 7 heteroatoms. The van der Waals surface area contributed by atoms with Crippen LogP contribution in [-0.2, 0) is 16.0 Å². The molecule has 0 radical (unpaired) electrons. The minimum atomic E-state index is -0.965. The predicted molar refractivity (Wildman–Crippen MR) is 108 cm³/mol. The number of hydrogen-bond acceptors (Lipinski definition) is 5. The molecule has 0 bridgehead atoms. The number of nitrogens with zero attached hydrogens (tertiary/aromatic N) is 2. The van der Waals surface area contributed by atoms with Crippen molar-refractivity contribution in [2.24, 2.45) is 0 Å². The first-order valence-electron chi connectivity index (χ1n) is 10.3. The average molecular weight is 402 g/mol. The second kappa shape index (κ2) is 8.95. The molecule has 1 spiro atoms. The zero-order valence-corrected chi connectivity index (χ0v) is 17.2. The second-order valence-corrected chi connectivity index (χ2v) is 8.16. The monoisotopic (exact) mass is 402 g/mol. The molecule has 7 nitrogen and oxygen atoms in total. The zero-order valence-electron chi connectivity index (χ0n) is 17.2. The topological polar surface area (TPSA) is 87.2 Å². The maximum Gasteiger partial charge on any atom is 0.327 e. The van der Waals surface area contributed by atoms with E-state index >= 15 is 0 Å². The lowest BCUT2D eigenvalue weighted by molar-refractivity contribution is -0.135. The number of benzene rings is 1. The summed E-state index contributed by atoms with van der Waals surface area (Å²) in [7, 11) is 1.68. The first-order valence-corrected chi connectivity index (χ1v) is 10.3. The first kappa shape index (κ1) is 21.3. The number of aryl methyl sites for hydroxylation is 1. The molecule has 3 rings (SSSR count). The summed E-state index contributed by atoms with van der Waals surface area (Å²) in [5, 5.41) is 10.4. The summed E-state index contributed by atoms with van der Waals surface area (Å²) >= 11 is 0. The number of ether oxygens (including phenoxy) is 1. The van der Waals surface area contributed by atoms with Crippen molar-refractivity contribution in [3.05, 3.63) is 29.8 Å². The largest absolute Gasteiger partial charge is 0.491 e. The molecule has 2 fully saturated rings. The van der Waals surface area contributed by atoms with Gasteiger partial charge in [0.15, 0.2) is 0 Å². The van der Waals surface area contributed by atoms with Crippen molar-refractivity contribution >= 4 is 17.7 Å². The molecular weight excluding hydrogens is 372 g/mol. The van der Waals surface area contributed by atoms with Crippen molar-refractivity contribution in [1.29, 1.82) is 0 Å². The lowest BCUT2D eigenvalue weighted by Gasteiger charge is -2.35. The van der Waals surface area contributed by atoms with Crippen LogP contribution in [0.15, 0.2) is 24.3 Å². The molecule has 1 saturated heterocycles. The molecule has 1 heterocycles. The van der Waals surface area contributed by atoms with Crippen LogP contribution in [0.2, 0.25) is 0 Å². The number of amides is 3. The van der Waals surface area contributed by atoms with Gasteiger partial charge in [-0.2, -0.15) is 0 Å². The Labute approximate surface area is 171 Å². The van der Waals surface area contributed by atoms with Crippen LogP contribution in [-0.4, -0.2) is 64.5 Å².